The molecule has 1 heterocycles. The van der Waals surface area contributed by atoms with Crippen molar-refractivity contribution in [2.75, 3.05) is 5.32 Å². The molecule has 1 amide bonds. The van der Waals surface area contributed by atoms with Crippen LogP contribution >= 0.6 is 0 Å². The quantitative estimate of drug-likeness (QED) is 0.772. The molecule has 0 aliphatic heterocycles. The molecular formula is C17H13FN2O. The van der Waals surface area contributed by atoms with E-state index in [2.05, 4.69) is 10.3 Å². The third kappa shape index (κ3) is 2.89. The summed E-state index contributed by atoms with van der Waals surface area (Å²) in [6, 6.07) is 15.2. The molecule has 3 aromatic rings. The summed E-state index contributed by atoms with van der Waals surface area (Å²) in [6.07, 6.45) is 0. The number of pyridine rings is 1. The minimum absolute atomic E-state index is 0.258. The highest BCUT2D eigenvalue weighted by molar-refractivity contribution is 6.04. The van der Waals surface area contributed by atoms with Gasteiger partial charge >= 0.3 is 0 Å². The number of hydrogen-bond acceptors (Lipinski definition) is 2. The summed E-state index contributed by atoms with van der Waals surface area (Å²) >= 11 is 0. The number of halogens is 1. The number of benzene rings is 2. The highest BCUT2D eigenvalue weighted by Crippen LogP contribution is 2.15. The first-order valence-corrected chi connectivity index (χ1v) is 6.56. The van der Waals surface area contributed by atoms with Gasteiger partial charge in [-0.3, -0.25) is 4.79 Å². The molecule has 0 unspecified atom stereocenters. The van der Waals surface area contributed by atoms with Gasteiger partial charge in [0.2, 0.25) is 0 Å². The van der Waals surface area contributed by atoms with Gasteiger partial charge in [-0.15, -0.1) is 0 Å². The van der Waals surface area contributed by atoms with Crippen molar-refractivity contribution in [2.45, 2.75) is 6.92 Å². The summed E-state index contributed by atoms with van der Waals surface area (Å²) < 4.78 is 13.2. The van der Waals surface area contributed by atoms with Gasteiger partial charge in [0.1, 0.15) is 11.5 Å². The van der Waals surface area contributed by atoms with E-state index in [1.54, 1.807) is 18.2 Å². The second kappa shape index (κ2) is 5.32. The highest BCUT2D eigenvalue weighted by Gasteiger charge is 2.09. The molecule has 3 nitrogen and oxygen atoms in total. The molecular weight excluding hydrogens is 267 g/mol. The highest BCUT2D eigenvalue weighted by atomic mass is 19.1. The average Bonchev–Trinajstić information content (AvgIpc) is 2.48. The standard InChI is InChI=1S/C17H13FN2O/c1-11-2-7-14(8-3-11)19-17(21)15-9-5-12-4-6-13(18)10-16(12)20-15/h2-10H,1H3,(H,19,21). The first-order valence-electron chi connectivity index (χ1n) is 6.56. The van der Waals surface area contributed by atoms with Gasteiger partial charge in [-0.1, -0.05) is 23.8 Å². The summed E-state index contributed by atoms with van der Waals surface area (Å²) in [5, 5.41) is 3.56. The number of amides is 1. The lowest BCUT2D eigenvalue weighted by Gasteiger charge is -2.06. The predicted octanol–water partition coefficient (Wildman–Crippen LogP) is 3.93. The van der Waals surface area contributed by atoms with Crippen LogP contribution in [0.2, 0.25) is 0 Å². The maximum absolute atomic E-state index is 13.2. The third-order valence-electron chi connectivity index (χ3n) is 3.20. The van der Waals surface area contributed by atoms with Gasteiger partial charge in [0, 0.05) is 17.1 Å². The summed E-state index contributed by atoms with van der Waals surface area (Å²) in [4.78, 5) is 16.4. The van der Waals surface area contributed by atoms with Gasteiger partial charge in [-0.2, -0.15) is 0 Å². The lowest BCUT2D eigenvalue weighted by atomic mass is 10.2. The monoisotopic (exact) mass is 280 g/mol. The molecule has 0 atom stereocenters. The van der Waals surface area contributed by atoms with Crippen LogP contribution in [0.5, 0.6) is 0 Å². The van der Waals surface area contributed by atoms with E-state index in [1.165, 1.54) is 12.1 Å². The van der Waals surface area contributed by atoms with Gasteiger partial charge < -0.3 is 5.32 Å². The zero-order valence-corrected chi connectivity index (χ0v) is 11.4. The number of aromatic nitrogens is 1. The molecule has 0 saturated carbocycles. The number of rotatable bonds is 2. The molecule has 2 aromatic carbocycles. The smallest absolute Gasteiger partial charge is 0.274 e. The van der Waals surface area contributed by atoms with Gasteiger partial charge in [-0.25, -0.2) is 9.37 Å². The third-order valence-corrected chi connectivity index (χ3v) is 3.20. The number of carbonyl (C=O) groups is 1. The maximum atomic E-state index is 13.2. The second-order valence-corrected chi connectivity index (χ2v) is 4.85. The Morgan fingerprint density at radius 1 is 1.05 bits per heavy atom. The largest absolute Gasteiger partial charge is 0.321 e. The SMILES string of the molecule is Cc1ccc(NC(=O)c2ccc3ccc(F)cc3n2)cc1. The zero-order valence-electron chi connectivity index (χ0n) is 11.4. The van der Waals surface area contributed by atoms with Crippen LogP contribution in [0.1, 0.15) is 16.1 Å². The topological polar surface area (TPSA) is 42.0 Å². The molecule has 0 aliphatic rings. The molecule has 4 heteroatoms. The number of nitrogens with zero attached hydrogens (tertiary/aromatic N) is 1. The molecule has 104 valence electrons. The first-order chi connectivity index (χ1) is 10.1. The normalized spacial score (nSPS) is 10.6. The number of aryl methyl sites for hydroxylation is 1. The fourth-order valence-electron chi connectivity index (χ4n) is 2.05. The Morgan fingerprint density at radius 2 is 1.76 bits per heavy atom. The van der Waals surface area contributed by atoms with Crippen LogP contribution in [0.25, 0.3) is 10.9 Å². The van der Waals surface area contributed by atoms with Crippen LogP contribution in [0.15, 0.2) is 54.6 Å². The van der Waals surface area contributed by atoms with Crippen LogP contribution in [0.3, 0.4) is 0 Å². The van der Waals surface area contributed by atoms with Crippen LogP contribution in [-0.4, -0.2) is 10.9 Å². The number of anilines is 1. The fraction of sp³-hybridized carbons (Fsp3) is 0.0588. The van der Waals surface area contributed by atoms with Gasteiger partial charge in [-0.05, 0) is 37.3 Å². The van der Waals surface area contributed by atoms with Crippen LogP contribution in [-0.2, 0) is 0 Å². The number of fused-ring (bicyclic) bond motifs is 1. The Hall–Kier alpha value is -2.75. The molecule has 0 aliphatic carbocycles. The predicted molar refractivity (Wildman–Crippen MR) is 80.8 cm³/mol. The van der Waals surface area contributed by atoms with Crippen molar-refractivity contribution in [1.29, 1.82) is 0 Å². The van der Waals surface area contributed by atoms with Crippen molar-refractivity contribution in [3.8, 4) is 0 Å². The Labute approximate surface area is 121 Å². The Bertz CT molecular complexity index is 813. The summed E-state index contributed by atoms with van der Waals surface area (Å²) in [7, 11) is 0. The summed E-state index contributed by atoms with van der Waals surface area (Å²) in [6.45, 7) is 1.98. The summed E-state index contributed by atoms with van der Waals surface area (Å²) in [5.41, 5.74) is 2.54. The minimum atomic E-state index is -0.369. The molecule has 21 heavy (non-hydrogen) atoms. The Balaban J connectivity index is 1.88. The van der Waals surface area contributed by atoms with E-state index < -0.39 is 0 Å². The van der Waals surface area contributed by atoms with Crippen LogP contribution < -0.4 is 5.32 Å². The second-order valence-electron chi connectivity index (χ2n) is 4.85. The van der Waals surface area contributed by atoms with Crippen molar-refractivity contribution in [2.24, 2.45) is 0 Å². The van der Waals surface area contributed by atoms with Crippen molar-refractivity contribution >= 4 is 22.5 Å². The zero-order chi connectivity index (χ0) is 14.8. The van der Waals surface area contributed by atoms with Crippen molar-refractivity contribution in [3.63, 3.8) is 0 Å². The molecule has 0 saturated heterocycles. The van der Waals surface area contributed by atoms with Crippen molar-refractivity contribution < 1.29 is 9.18 Å². The molecule has 0 radical (unpaired) electrons. The lowest BCUT2D eigenvalue weighted by Crippen LogP contribution is -2.13. The molecule has 1 N–H and O–H groups in total. The Morgan fingerprint density at radius 3 is 2.52 bits per heavy atom. The van der Waals surface area contributed by atoms with E-state index >= 15 is 0 Å². The first kappa shape index (κ1) is 13.2. The molecule has 0 spiro atoms. The van der Waals surface area contributed by atoms with Gasteiger partial charge in [0.15, 0.2) is 0 Å². The molecule has 0 fully saturated rings. The van der Waals surface area contributed by atoms with Crippen molar-refractivity contribution in [3.05, 3.63) is 71.7 Å². The van der Waals surface area contributed by atoms with E-state index in [0.29, 0.717) is 11.2 Å². The number of carbonyl (C=O) groups excluding carboxylic acids is 1. The number of hydrogen-bond donors (Lipinski definition) is 1. The van der Waals surface area contributed by atoms with E-state index in [4.69, 9.17) is 0 Å². The number of nitrogens with one attached hydrogen (secondary N) is 1. The summed E-state index contributed by atoms with van der Waals surface area (Å²) in [5.74, 6) is -0.684. The average molecular weight is 280 g/mol. The molecule has 0 bridgehead atoms. The van der Waals surface area contributed by atoms with Gasteiger partial charge in [0.25, 0.3) is 5.91 Å². The Kier molecular flexibility index (Phi) is 3.36. The fourth-order valence-corrected chi connectivity index (χ4v) is 2.05. The maximum Gasteiger partial charge on any atom is 0.274 e. The van der Waals surface area contributed by atoms with Crippen LogP contribution in [0.4, 0.5) is 10.1 Å². The molecule has 1 aromatic heterocycles. The van der Waals surface area contributed by atoms with E-state index in [9.17, 15) is 9.18 Å². The van der Waals surface area contributed by atoms with E-state index in [0.717, 1.165) is 10.9 Å². The van der Waals surface area contributed by atoms with E-state index in [1.807, 2.05) is 31.2 Å². The van der Waals surface area contributed by atoms with Gasteiger partial charge in [0.05, 0.1) is 5.52 Å². The van der Waals surface area contributed by atoms with Crippen molar-refractivity contribution in [1.82, 2.24) is 4.98 Å². The van der Waals surface area contributed by atoms with E-state index in [-0.39, 0.29) is 17.4 Å². The van der Waals surface area contributed by atoms with Crippen LogP contribution in [0, 0.1) is 12.7 Å². The lowest BCUT2D eigenvalue weighted by molar-refractivity contribution is 0.102. The minimum Gasteiger partial charge on any atom is -0.321 e. The molecule has 3 rings (SSSR count).